The second-order valence-corrected chi connectivity index (χ2v) is 12.1. The van der Waals surface area contributed by atoms with E-state index in [9.17, 15) is 29.6 Å². The normalized spacial score (nSPS) is 15.7. The first kappa shape index (κ1) is 34.5. The van der Waals surface area contributed by atoms with Crippen LogP contribution in [0, 0.1) is 24.0 Å². The van der Waals surface area contributed by atoms with Gasteiger partial charge in [0.1, 0.15) is 11.8 Å². The number of phenolic OH excluding ortho intramolecular Hbond substituents is 1. The third-order valence-electron chi connectivity index (χ3n) is 8.65. The number of Topliss-reactive ketones (excluding diaryl/α,β-unsaturated/α-hetero) is 1. The smallest absolute Gasteiger partial charge is 0.251 e. The molecule has 0 fully saturated rings. The highest BCUT2D eigenvalue weighted by atomic mass is 16.7. The number of nitrogens with one attached hydrogen (secondary N) is 3. The number of amides is 2. The molecule has 2 amide bonds. The maximum atomic E-state index is 14.1. The van der Waals surface area contributed by atoms with Gasteiger partial charge in [-0.2, -0.15) is 0 Å². The average molecular weight is 670 g/mol. The number of imidazole rings is 1. The molecule has 0 bridgehead atoms. The summed E-state index contributed by atoms with van der Waals surface area (Å²) in [6.07, 6.45) is 0.748. The van der Waals surface area contributed by atoms with Crippen molar-refractivity contribution >= 4 is 34.6 Å². The quantitative estimate of drug-likeness (QED) is 0.0320. The number of hydrazine groups is 1. The number of aromatic nitrogens is 2. The zero-order valence-corrected chi connectivity index (χ0v) is 27.2. The van der Waals surface area contributed by atoms with Crippen LogP contribution in [0.1, 0.15) is 51.3 Å². The van der Waals surface area contributed by atoms with Gasteiger partial charge in [0.15, 0.2) is 10.9 Å². The van der Waals surface area contributed by atoms with Crippen molar-refractivity contribution in [1.82, 2.24) is 25.6 Å². The Morgan fingerprint density at radius 3 is 2.49 bits per heavy atom. The highest BCUT2D eigenvalue weighted by Gasteiger charge is 2.38. The largest absolute Gasteiger partial charge is 0.508 e. The van der Waals surface area contributed by atoms with E-state index in [4.69, 9.17) is 11.5 Å². The molecule has 0 radical (unpaired) electrons. The van der Waals surface area contributed by atoms with Crippen molar-refractivity contribution in [2.24, 2.45) is 16.5 Å². The first-order valence-corrected chi connectivity index (χ1v) is 15.8. The van der Waals surface area contributed by atoms with E-state index >= 15 is 0 Å². The minimum absolute atomic E-state index is 0.0405. The van der Waals surface area contributed by atoms with Gasteiger partial charge in [-0.05, 0) is 85.2 Å². The Balaban J connectivity index is 1.39. The number of rotatable bonds is 12. The Labute approximate surface area is 281 Å². The SMILES string of the molecule is Cc1cc(O)cc(C)c1C[C@H](N)C(=O)N1Cc2ccccc2C[C@H]1C(=O)N[C@@H](CCCN=C(N)N[N+](=O)[O-])C(=O)c1nc2ccccc2[nH]1. The molecule has 49 heavy (non-hydrogen) atoms. The van der Waals surface area contributed by atoms with Gasteiger partial charge in [0.05, 0.1) is 23.1 Å². The van der Waals surface area contributed by atoms with Crippen molar-refractivity contribution in [1.29, 1.82) is 0 Å². The molecule has 2 heterocycles. The van der Waals surface area contributed by atoms with Crippen LogP contribution in [0.5, 0.6) is 5.75 Å². The van der Waals surface area contributed by atoms with Gasteiger partial charge in [-0.25, -0.2) is 20.1 Å². The monoisotopic (exact) mass is 669 g/mol. The molecule has 1 aliphatic rings. The van der Waals surface area contributed by atoms with Crippen molar-refractivity contribution in [3.05, 3.63) is 104 Å². The number of phenols is 1. The van der Waals surface area contributed by atoms with Crippen LogP contribution < -0.4 is 22.2 Å². The highest BCUT2D eigenvalue weighted by Crippen LogP contribution is 2.27. The third kappa shape index (κ3) is 8.19. The molecule has 0 aliphatic carbocycles. The molecule has 1 aromatic heterocycles. The van der Waals surface area contributed by atoms with E-state index in [1.165, 1.54) is 4.90 Å². The molecular formula is C34H39N9O6. The second kappa shape index (κ2) is 14.9. The van der Waals surface area contributed by atoms with Crippen LogP contribution in [-0.2, 0) is 29.0 Å². The number of ketones is 1. The number of carbonyl (C=O) groups excluding carboxylic acids is 3. The van der Waals surface area contributed by atoms with Gasteiger partial charge in [0.25, 0.3) is 5.96 Å². The van der Waals surface area contributed by atoms with Crippen LogP contribution >= 0.6 is 0 Å². The van der Waals surface area contributed by atoms with Gasteiger partial charge < -0.3 is 31.8 Å². The van der Waals surface area contributed by atoms with E-state index in [1.807, 2.05) is 38.1 Å². The van der Waals surface area contributed by atoms with E-state index < -0.39 is 46.7 Å². The lowest BCUT2D eigenvalue weighted by molar-refractivity contribution is -0.525. The maximum Gasteiger partial charge on any atom is 0.251 e. The Morgan fingerprint density at radius 2 is 1.80 bits per heavy atom. The third-order valence-corrected chi connectivity index (χ3v) is 8.65. The average Bonchev–Trinajstić information content (AvgIpc) is 3.50. The number of aliphatic imine (C=N–C) groups is 1. The van der Waals surface area contributed by atoms with E-state index in [-0.39, 0.29) is 50.3 Å². The summed E-state index contributed by atoms with van der Waals surface area (Å²) in [5, 5.41) is 22.7. The van der Waals surface area contributed by atoms with Gasteiger partial charge in [0, 0.05) is 19.5 Å². The molecule has 15 nitrogen and oxygen atoms in total. The van der Waals surface area contributed by atoms with Crippen molar-refractivity contribution in [2.45, 2.75) is 64.2 Å². The summed E-state index contributed by atoms with van der Waals surface area (Å²) in [5.74, 6) is -1.66. The number of benzene rings is 3. The number of carbonyl (C=O) groups is 3. The molecule has 1 aliphatic heterocycles. The predicted octanol–water partition coefficient (Wildman–Crippen LogP) is 1.95. The van der Waals surface area contributed by atoms with Gasteiger partial charge in [-0.3, -0.25) is 14.4 Å². The number of guanidine groups is 1. The van der Waals surface area contributed by atoms with Gasteiger partial charge in [-0.15, -0.1) is 0 Å². The molecule has 0 saturated heterocycles. The predicted molar refractivity (Wildman–Crippen MR) is 182 cm³/mol. The minimum atomic E-state index is -1.07. The second-order valence-electron chi connectivity index (χ2n) is 12.1. The topological polar surface area (TPSA) is 235 Å². The van der Waals surface area contributed by atoms with Crippen molar-refractivity contribution in [2.75, 3.05) is 6.54 Å². The van der Waals surface area contributed by atoms with Crippen LogP contribution in [0.15, 0.2) is 65.7 Å². The number of nitrogens with two attached hydrogens (primary N) is 2. The molecule has 0 unspecified atom stereocenters. The summed E-state index contributed by atoms with van der Waals surface area (Å²) in [7, 11) is 0. The van der Waals surface area contributed by atoms with Crippen molar-refractivity contribution < 1.29 is 24.5 Å². The van der Waals surface area contributed by atoms with E-state index in [1.54, 1.807) is 41.8 Å². The molecular weight excluding hydrogens is 630 g/mol. The van der Waals surface area contributed by atoms with Crippen LogP contribution in [0.2, 0.25) is 0 Å². The number of aryl methyl sites for hydroxylation is 2. The Morgan fingerprint density at radius 1 is 1.12 bits per heavy atom. The number of hydrogen-bond acceptors (Lipinski definition) is 9. The molecule has 4 aromatic rings. The lowest BCUT2D eigenvalue weighted by Gasteiger charge is -2.38. The lowest BCUT2D eigenvalue weighted by Crippen LogP contribution is -2.58. The van der Waals surface area contributed by atoms with Crippen LogP contribution in [-0.4, -0.2) is 73.2 Å². The number of nitrogens with zero attached hydrogens (tertiary/aromatic N) is 4. The summed E-state index contributed by atoms with van der Waals surface area (Å²) in [5.41, 5.74) is 19.2. The zero-order valence-electron chi connectivity index (χ0n) is 27.2. The fourth-order valence-corrected chi connectivity index (χ4v) is 6.20. The molecule has 256 valence electrons. The summed E-state index contributed by atoms with van der Waals surface area (Å²) >= 11 is 0. The summed E-state index contributed by atoms with van der Waals surface area (Å²) in [4.78, 5) is 65.4. The summed E-state index contributed by atoms with van der Waals surface area (Å²) in [6, 6.07) is 14.9. The summed E-state index contributed by atoms with van der Waals surface area (Å²) < 4.78 is 0. The zero-order chi connectivity index (χ0) is 35.2. The first-order valence-electron chi connectivity index (χ1n) is 15.8. The van der Waals surface area contributed by atoms with Gasteiger partial charge >= 0.3 is 0 Å². The number of aromatic amines is 1. The highest BCUT2D eigenvalue weighted by molar-refractivity contribution is 6.02. The Bertz CT molecular complexity index is 1870. The molecule has 3 atom stereocenters. The standard InChI is InChI=1S/C34H39N9O6/c1-19-14-23(44)15-20(2)24(19)17-25(35)33(47)42-18-22-9-4-3-8-21(22)16-29(42)32(46)40-28(12-7-13-37-34(36)41-43(48)49)30(45)31-38-26-10-5-6-11-27(26)39-31/h3-6,8-11,14-15,25,28-29,44H,7,12-13,16-18,35H2,1-2H3,(H,38,39)(H,40,46)(H3,36,37,41)/t25-,28-,29-/m0/s1. The number of para-hydroxylation sites is 2. The summed E-state index contributed by atoms with van der Waals surface area (Å²) in [6.45, 7) is 3.86. The Hall–Kier alpha value is -5.83. The lowest BCUT2D eigenvalue weighted by atomic mass is 9.91. The molecule has 8 N–H and O–H groups in total. The number of H-pyrrole nitrogens is 1. The molecule has 3 aromatic carbocycles. The fraction of sp³-hybridized carbons (Fsp3) is 0.324. The molecule has 0 saturated carbocycles. The van der Waals surface area contributed by atoms with Crippen LogP contribution in [0.25, 0.3) is 11.0 Å². The molecule has 5 rings (SSSR count). The number of aromatic hydroxyl groups is 1. The number of hydrogen-bond donors (Lipinski definition) is 6. The van der Waals surface area contributed by atoms with Gasteiger partial charge in [0.2, 0.25) is 17.6 Å². The minimum Gasteiger partial charge on any atom is -0.508 e. The molecule has 15 heteroatoms. The fourth-order valence-electron chi connectivity index (χ4n) is 6.20. The Kier molecular flexibility index (Phi) is 10.5. The van der Waals surface area contributed by atoms with E-state index in [2.05, 4.69) is 20.3 Å². The number of fused-ring (bicyclic) bond motifs is 2. The maximum absolute atomic E-state index is 14.1. The molecule has 0 spiro atoms. The van der Waals surface area contributed by atoms with E-state index in [0.29, 0.717) is 11.0 Å². The van der Waals surface area contributed by atoms with Crippen LogP contribution in [0.3, 0.4) is 0 Å². The van der Waals surface area contributed by atoms with Crippen LogP contribution in [0.4, 0.5) is 0 Å². The van der Waals surface area contributed by atoms with Crippen molar-refractivity contribution in [3.63, 3.8) is 0 Å². The van der Waals surface area contributed by atoms with E-state index in [0.717, 1.165) is 27.8 Å². The van der Waals surface area contributed by atoms with Gasteiger partial charge in [-0.1, -0.05) is 41.8 Å². The first-order chi connectivity index (χ1) is 23.4. The number of nitro groups is 1. The van der Waals surface area contributed by atoms with Crippen molar-refractivity contribution in [3.8, 4) is 5.75 Å².